The average molecular weight is 200 g/mol. The summed E-state index contributed by atoms with van der Waals surface area (Å²) in [6, 6.07) is 0. The van der Waals surface area contributed by atoms with Crippen LogP contribution in [0, 0.1) is 11.8 Å². The number of amides is 1. The summed E-state index contributed by atoms with van der Waals surface area (Å²) in [5, 5.41) is 3.09. The van der Waals surface area contributed by atoms with Gasteiger partial charge in [-0.2, -0.15) is 0 Å². The zero-order valence-electron chi connectivity index (χ0n) is 8.34. The number of nitrogens with zero attached hydrogens (tertiary/aromatic N) is 1. The highest BCUT2D eigenvalue weighted by Gasteiger charge is 2.31. The molecule has 3 nitrogen and oxygen atoms in total. The Bertz CT molecular complexity index is 210. The highest BCUT2D eigenvalue weighted by Crippen LogP contribution is 2.19. The third-order valence-electron chi connectivity index (χ3n) is 3.28. The van der Waals surface area contributed by atoms with Gasteiger partial charge < -0.3 is 10.2 Å². The van der Waals surface area contributed by atoms with Crippen LogP contribution in [0.15, 0.2) is 0 Å². The van der Waals surface area contributed by atoms with Crippen LogP contribution >= 0.6 is 0 Å². The molecule has 0 aromatic rings. The summed E-state index contributed by atoms with van der Waals surface area (Å²) in [6.07, 6.45) is 1.67. The van der Waals surface area contributed by atoms with Gasteiger partial charge in [0.25, 0.3) is 0 Å². The van der Waals surface area contributed by atoms with Gasteiger partial charge in [0.2, 0.25) is 5.91 Å². The number of piperidine rings is 1. The third kappa shape index (κ3) is 1.90. The van der Waals surface area contributed by atoms with Crippen LogP contribution in [0.1, 0.15) is 12.8 Å². The van der Waals surface area contributed by atoms with Gasteiger partial charge in [0.15, 0.2) is 0 Å². The molecule has 4 heteroatoms. The fourth-order valence-corrected chi connectivity index (χ4v) is 2.03. The molecule has 2 saturated heterocycles. The molecule has 0 aromatic carbocycles. The fraction of sp³-hybridized carbons (Fsp3) is 0.900. The van der Waals surface area contributed by atoms with Crippen molar-refractivity contribution in [3.8, 4) is 0 Å². The molecule has 0 unspecified atom stereocenters. The first-order valence-corrected chi connectivity index (χ1v) is 5.36. The van der Waals surface area contributed by atoms with Crippen LogP contribution in [0.4, 0.5) is 4.39 Å². The van der Waals surface area contributed by atoms with E-state index in [2.05, 4.69) is 5.32 Å². The number of carbonyl (C=O) groups excluding carboxylic acids is 1. The number of nitrogens with one attached hydrogen (secondary N) is 1. The summed E-state index contributed by atoms with van der Waals surface area (Å²) in [5.41, 5.74) is 0. The van der Waals surface area contributed by atoms with Crippen LogP contribution in [0.5, 0.6) is 0 Å². The Morgan fingerprint density at radius 3 is 2.43 bits per heavy atom. The summed E-state index contributed by atoms with van der Waals surface area (Å²) >= 11 is 0. The second kappa shape index (κ2) is 4.26. The number of carbonyl (C=O) groups is 1. The van der Waals surface area contributed by atoms with Crippen molar-refractivity contribution < 1.29 is 9.18 Å². The highest BCUT2D eigenvalue weighted by atomic mass is 19.1. The van der Waals surface area contributed by atoms with E-state index in [-0.39, 0.29) is 24.4 Å². The molecular weight excluding hydrogens is 183 g/mol. The van der Waals surface area contributed by atoms with Gasteiger partial charge in [-0.05, 0) is 18.8 Å². The van der Waals surface area contributed by atoms with Gasteiger partial charge in [0.05, 0.1) is 12.6 Å². The van der Waals surface area contributed by atoms with E-state index < -0.39 is 0 Å². The fourth-order valence-electron chi connectivity index (χ4n) is 2.03. The second-order valence-corrected chi connectivity index (χ2v) is 4.28. The molecule has 0 atom stereocenters. The zero-order chi connectivity index (χ0) is 9.97. The van der Waals surface area contributed by atoms with Crippen molar-refractivity contribution in [3.05, 3.63) is 0 Å². The minimum Gasteiger partial charge on any atom is -0.342 e. The summed E-state index contributed by atoms with van der Waals surface area (Å²) in [5.74, 6) is 0.650. The molecule has 0 radical (unpaired) electrons. The van der Waals surface area contributed by atoms with Crippen LogP contribution in [-0.4, -0.2) is 43.7 Å². The lowest BCUT2D eigenvalue weighted by Crippen LogP contribution is -2.53. The van der Waals surface area contributed by atoms with Gasteiger partial charge >= 0.3 is 0 Å². The Hall–Kier alpha value is -0.640. The number of alkyl halides is 1. The van der Waals surface area contributed by atoms with E-state index in [1.54, 1.807) is 0 Å². The Labute approximate surface area is 83.6 Å². The smallest absolute Gasteiger partial charge is 0.228 e. The van der Waals surface area contributed by atoms with Crippen LogP contribution in [-0.2, 0) is 4.79 Å². The van der Waals surface area contributed by atoms with Crippen molar-refractivity contribution in [3.63, 3.8) is 0 Å². The summed E-state index contributed by atoms with van der Waals surface area (Å²) in [7, 11) is 0. The normalized spacial score (nSPS) is 24.8. The molecule has 0 bridgehead atoms. The van der Waals surface area contributed by atoms with Crippen LogP contribution < -0.4 is 5.32 Å². The van der Waals surface area contributed by atoms with E-state index in [0.717, 1.165) is 39.0 Å². The quantitative estimate of drug-likeness (QED) is 0.700. The largest absolute Gasteiger partial charge is 0.342 e. The standard InChI is InChI=1S/C10H17FN2O/c11-5-8-1-3-13(4-2-8)10(14)9-6-12-7-9/h8-9,12H,1-7H2. The molecule has 0 aliphatic carbocycles. The van der Waals surface area contributed by atoms with Gasteiger partial charge in [0, 0.05) is 26.2 Å². The van der Waals surface area contributed by atoms with Gasteiger partial charge in [0.1, 0.15) is 0 Å². The maximum absolute atomic E-state index is 12.3. The number of halogens is 1. The molecule has 14 heavy (non-hydrogen) atoms. The third-order valence-corrected chi connectivity index (χ3v) is 3.28. The monoisotopic (exact) mass is 200 g/mol. The number of hydrogen-bond donors (Lipinski definition) is 1. The Morgan fingerprint density at radius 1 is 1.36 bits per heavy atom. The predicted molar refractivity (Wildman–Crippen MR) is 51.6 cm³/mol. The minimum atomic E-state index is -0.229. The number of hydrogen-bond acceptors (Lipinski definition) is 2. The maximum Gasteiger partial charge on any atom is 0.228 e. The van der Waals surface area contributed by atoms with Crippen molar-refractivity contribution in [2.45, 2.75) is 12.8 Å². The lowest BCUT2D eigenvalue weighted by atomic mass is 9.95. The second-order valence-electron chi connectivity index (χ2n) is 4.28. The number of likely N-dealkylation sites (tertiary alicyclic amines) is 1. The molecule has 2 fully saturated rings. The minimum absolute atomic E-state index is 0.192. The molecule has 0 aromatic heterocycles. The molecule has 0 spiro atoms. The van der Waals surface area contributed by atoms with E-state index >= 15 is 0 Å². The van der Waals surface area contributed by atoms with E-state index in [4.69, 9.17) is 0 Å². The average Bonchev–Trinajstić information content (AvgIpc) is 2.15. The molecule has 80 valence electrons. The van der Waals surface area contributed by atoms with Crippen LogP contribution in [0.25, 0.3) is 0 Å². The van der Waals surface area contributed by atoms with Gasteiger partial charge in [-0.3, -0.25) is 9.18 Å². The summed E-state index contributed by atoms with van der Waals surface area (Å²) in [4.78, 5) is 13.7. The predicted octanol–water partition coefficient (Wildman–Crippen LogP) is 0.414. The molecule has 1 amide bonds. The first-order chi connectivity index (χ1) is 6.81. The van der Waals surface area contributed by atoms with Crippen molar-refractivity contribution >= 4 is 5.91 Å². The van der Waals surface area contributed by atoms with Gasteiger partial charge in [-0.15, -0.1) is 0 Å². The van der Waals surface area contributed by atoms with E-state index in [1.807, 2.05) is 4.90 Å². The van der Waals surface area contributed by atoms with E-state index in [1.165, 1.54) is 0 Å². The first-order valence-electron chi connectivity index (χ1n) is 5.36. The van der Waals surface area contributed by atoms with Crippen molar-refractivity contribution in [1.29, 1.82) is 0 Å². The van der Waals surface area contributed by atoms with Gasteiger partial charge in [-0.1, -0.05) is 0 Å². The topological polar surface area (TPSA) is 32.3 Å². The Kier molecular flexibility index (Phi) is 3.01. The molecule has 2 aliphatic heterocycles. The van der Waals surface area contributed by atoms with Crippen LogP contribution in [0.3, 0.4) is 0 Å². The van der Waals surface area contributed by atoms with E-state index in [0.29, 0.717) is 0 Å². The van der Waals surface area contributed by atoms with E-state index in [9.17, 15) is 9.18 Å². The molecule has 0 saturated carbocycles. The van der Waals surface area contributed by atoms with Crippen molar-refractivity contribution in [2.24, 2.45) is 11.8 Å². The molecule has 2 rings (SSSR count). The lowest BCUT2D eigenvalue weighted by Gasteiger charge is -2.36. The van der Waals surface area contributed by atoms with Crippen molar-refractivity contribution in [2.75, 3.05) is 32.9 Å². The van der Waals surface area contributed by atoms with Crippen LogP contribution in [0.2, 0.25) is 0 Å². The lowest BCUT2D eigenvalue weighted by molar-refractivity contribution is -0.138. The molecular formula is C10H17FN2O. The number of rotatable bonds is 2. The molecule has 2 aliphatic rings. The summed E-state index contributed by atoms with van der Waals surface area (Å²) in [6.45, 7) is 2.92. The van der Waals surface area contributed by atoms with Gasteiger partial charge in [-0.25, -0.2) is 0 Å². The Balaban J connectivity index is 1.79. The first kappa shape index (κ1) is 9.90. The SMILES string of the molecule is O=C(C1CNC1)N1CCC(CF)CC1. The van der Waals surface area contributed by atoms with Crippen molar-refractivity contribution in [1.82, 2.24) is 10.2 Å². The summed E-state index contributed by atoms with van der Waals surface area (Å²) < 4.78 is 12.3. The maximum atomic E-state index is 12.3. The zero-order valence-corrected chi connectivity index (χ0v) is 8.34. The highest BCUT2D eigenvalue weighted by molar-refractivity contribution is 5.80. The molecule has 2 heterocycles. The molecule has 1 N–H and O–H groups in total. The Morgan fingerprint density at radius 2 is 2.00 bits per heavy atom.